The van der Waals surface area contributed by atoms with Gasteiger partial charge >= 0.3 is 5.97 Å². The lowest BCUT2D eigenvalue weighted by Crippen LogP contribution is -2.64. The van der Waals surface area contributed by atoms with Crippen molar-refractivity contribution in [2.75, 3.05) is 19.8 Å². The Labute approximate surface area is 208 Å². The standard InChI is InChI=1S/C29H51NO4/c1-7-33-25-17-28(5)19(15-24(25)31)9-10-20-21-11-12-22(27(32)34-8-2)29(21,6)16-23(26(20)28)30-14-13-18(3)4/h18-26,30-31H,7-17H2,1-6H3/t19-,20-,21-,22+,23+,24-,25-,26+,28-,29-/m0/s1. The lowest BCUT2D eigenvalue weighted by molar-refractivity contribution is -0.183. The molecule has 4 aliphatic rings. The molecule has 4 aliphatic carbocycles. The zero-order valence-corrected chi connectivity index (χ0v) is 22.6. The minimum Gasteiger partial charge on any atom is -0.466 e. The maximum Gasteiger partial charge on any atom is 0.309 e. The molecule has 0 saturated heterocycles. The normalized spacial score (nSPS) is 46.0. The summed E-state index contributed by atoms with van der Waals surface area (Å²) in [5.74, 6) is 3.09. The van der Waals surface area contributed by atoms with Crippen molar-refractivity contribution < 1.29 is 19.4 Å². The summed E-state index contributed by atoms with van der Waals surface area (Å²) in [5, 5.41) is 14.9. The van der Waals surface area contributed by atoms with Crippen LogP contribution in [0.25, 0.3) is 0 Å². The molecule has 0 unspecified atom stereocenters. The maximum absolute atomic E-state index is 13.0. The predicted octanol–water partition coefficient (Wildman–Crippen LogP) is 5.20. The summed E-state index contributed by atoms with van der Waals surface area (Å²) < 4.78 is 11.7. The van der Waals surface area contributed by atoms with Crippen molar-refractivity contribution in [2.45, 2.75) is 111 Å². The Morgan fingerprint density at radius 1 is 1.06 bits per heavy atom. The molecule has 0 aromatic heterocycles. The molecule has 10 atom stereocenters. The van der Waals surface area contributed by atoms with E-state index in [-0.39, 0.29) is 34.9 Å². The van der Waals surface area contributed by atoms with E-state index in [1.54, 1.807) is 0 Å². The molecule has 0 aromatic rings. The van der Waals surface area contributed by atoms with Crippen LogP contribution in [0.5, 0.6) is 0 Å². The number of carbonyl (C=O) groups is 1. The summed E-state index contributed by atoms with van der Waals surface area (Å²) in [4.78, 5) is 13.0. The molecule has 4 rings (SSSR count). The second-order valence-electron chi connectivity index (χ2n) is 12.9. The van der Waals surface area contributed by atoms with E-state index in [4.69, 9.17) is 9.47 Å². The van der Waals surface area contributed by atoms with Crippen LogP contribution in [0.2, 0.25) is 0 Å². The fourth-order valence-corrected chi connectivity index (χ4v) is 9.21. The Bertz CT molecular complexity index is 712. The first-order valence-electron chi connectivity index (χ1n) is 14.3. The number of rotatable bonds is 8. The highest BCUT2D eigenvalue weighted by molar-refractivity contribution is 5.74. The van der Waals surface area contributed by atoms with Crippen LogP contribution in [-0.2, 0) is 14.3 Å². The van der Waals surface area contributed by atoms with E-state index < -0.39 is 0 Å². The molecular weight excluding hydrogens is 426 g/mol. The largest absolute Gasteiger partial charge is 0.466 e. The SMILES string of the molecule is CCOC(=O)[C@H]1CC[C@H]2[C@@H]3CC[C@H]4C[C@H](O)[C@@H](OCC)C[C@]4(C)[C@H]3[C@H](NCCC(C)C)C[C@]12C. The molecule has 5 nitrogen and oxygen atoms in total. The van der Waals surface area contributed by atoms with Crippen molar-refractivity contribution in [3.8, 4) is 0 Å². The number of carbonyl (C=O) groups excluding carboxylic acids is 1. The Hall–Kier alpha value is -0.650. The summed E-state index contributed by atoms with van der Waals surface area (Å²) in [5.41, 5.74) is 0.181. The number of hydrogen-bond acceptors (Lipinski definition) is 5. The van der Waals surface area contributed by atoms with Gasteiger partial charge in [0.2, 0.25) is 0 Å². The van der Waals surface area contributed by atoms with E-state index in [0.717, 1.165) is 38.6 Å². The third-order valence-electron chi connectivity index (χ3n) is 10.7. The van der Waals surface area contributed by atoms with Gasteiger partial charge in [-0.25, -0.2) is 0 Å². The second-order valence-corrected chi connectivity index (χ2v) is 12.9. The monoisotopic (exact) mass is 477 g/mol. The van der Waals surface area contributed by atoms with Crippen LogP contribution >= 0.6 is 0 Å². The molecule has 4 saturated carbocycles. The number of aliphatic hydroxyl groups excluding tert-OH is 1. The topological polar surface area (TPSA) is 67.8 Å². The number of esters is 1. The van der Waals surface area contributed by atoms with Crippen LogP contribution in [0.1, 0.15) is 92.9 Å². The van der Waals surface area contributed by atoms with Crippen molar-refractivity contribution in [1.82, 2.24) is 5.32 Å². The average Bonchev–Trinajstić information content (AvgIpc) is 3.11. The molecule has 0 heterocycles. The van der Waals surface area contributed by atoms with Crippen LogP contribution in [-0.4, -0.2) is 49.1 Å². The molecule has 34 heavy (non-hydrogen) atoms. The minimum atomic E-state index is -0.338. The van der Waals surface area contributed by atoms with E-state index in [1.165, 1.54) is 19.3 Å². The fraction of sp³-hybridized carbons (Fsp3) is 0.966. The number of aliphatic hydroxyl groups is 1. The highest BCUT2D eigenvalue weighted by Crippen LogP contribution is 2.67. The van der Waals surface area contributed by atoms with Gasteiger partial charge in [0.1, 0.15) is 0 Å². The third-order valence-corrected chi connectivity index (χ3v) is 10.7. The van der Waals surface area contributed by atoms with E-state index in [1.807, 2.05) is 13.8 Å². The molecule has 196 valence electrons. The summed E-state index contributed by atoms with van der Waals surface area (Å²) in [6.07, 6.45) is 8.23. The molecule has 5 heteroatoms. The predicted molar refractivity (Wildman–Crippen MR) is 135 cm³/mol. The van der Waals surface area contributed by atoms with Gasteiger partial charge in [-0.1, -0.05) is 27.7 Å². The van der Waals surface area contributed by atoms with Crippen LogP contribution in [0, 0.1) is 46.3 Å². The Kier molecular flexibility index (Phi) is 8.06. The van der Waals surface area contributed by atoms with Gasteiger partial charge in [0.25, 0.3) is 0 Å². The second kappa shape index (κ2) is 10.4. The molecule has 0 aromatic carbocycles. The van der Waals surface area contributed by atoms with Gasteiger partial charge in [-0.2, -0.15) is 0 Å². The lowest BCUT2D eigenvalue weighted by Gasteiger charge is -2.64. The maximum atomic E-state index is 13.0. The zero-order chi connectivity index (χ0) is 24.7. The molecule has 0 radical (unpaired) electrons. The van der Waals surface area contributed by atoms with E-state index in [9.17, 15) is 9.90 Å². The summed E-state index contributed by atoms with van der Waals surface area (Å²) >= 11 is 0. The van der Waals surface area contributed by atoms with E-state index in [2.05, 4.69) is 33.0 Å². The lowest BCUT2D eigenvalue weighted by atomic mass is 9.43. The van der Waals surface area contributed by atoms with Crippen molar-refractivity contribution in [3.63, 3.8) is 0 Å². The zero-order valence-electron chi connectivity index (χ0n) is 22.6. The highest BCUT2D eigenvalue weighted by atomic mass is 16.5. The van der Waals surface area contributed by atoms with Crippen molar-refractivity contribution >= 4 is 5.97 Å². The van der Waals surface area contributed by atoms with Gasteiger partial charge < -0.3 is 19.9 Å². The van der Waals surface area contributed by atoms with Gasteiger partial charge in [0.05, 0.1) is 24.7 Å². The first kappa shape index (κ1) is 26.4. The van der Waals surface area contributed by atoms with Crippen LogP contribution in [0.15, 0.2) is 0 Å². The smallest absolute Gasteiger partial charge is 0.309 e. The van der Waals surface area contributed by atoms with Crippen LogP contribution in [0.4, 0.5) is 0 Å². The van der Waals surface area contributed by atoms with Gasteiger partial charge in [-0.15, -0.1) is 0 Å². The van der Waals surface area contributed by atoms with Crippen molar-refractivity contribution in [2.24, 2.45) is 46.3 Å². The number of hydrogen-bond donors (Lipinski definition) is 2. The van der Waals surface area contributed by atoms with Crippen molar-refractivity contribution in [3.05, 3.63) is 0 Å². The molecule has 0 aliphatic heterocycles. The van der Waals surface area contributed by atoms with Gasteiger partial charge in [0, 0.05) is 12.6 Å². The minimum absolute atomic E-state index is 0.0135. The average molecular weight is 478 g/mol. The van der Waals surface area contributed by atoms with Gasteiger partial charge in [0.15, 0.2) is 0 Å². The van der Waals surface area contributed by atoms with E-state index >= 15 is 0 Å². The highest BCUT2D eigenvalue weighted by Gasteiger charge is 2.65. The fourth-order valence-electron chi connectivity index (χ4n) is 9.21. The molecule has 0 amide bonds. The van der Waals surface area contributed by atoms with Crippen LogP contribution < -0.4 is 5.32 Å². The van der Waals surface area contributed by atoms with Gasteiger partial charge in [-0.3, -0.25) is 4.79 Å². The molecule has 4 fully saturated rings. The number of ether oxygens (including phenoxy) is 2. The first-order valence-corrected chi connectivity index (χ1v) is 14.3. The quantitative estimate of drug-likeness (QED) is 0.471. The Balaban J connectivity index is 1.66. The van der Waals surface area contributed by atoms with Crippen molar-refractivity contribution in [1.29, 1.82) is 0 Å². The third kappa shape index (κ3) is 4.59. The van der Waals surface area contributed by atoms with Gasteiger partial charge in [-0.05, 0) is 112 Å². The summed E-state index contributed by atoms with van der Waals surface area (Å²) in [6, 6.07) is 0.408. The summed E-state index contributed by atoms with van der Waals surface area (Å²) in [6.45, 7) is 15.6. The molecular formula is C29H51NO4. The first-order chi connectivity index (χ1) is 16.2. The van der Waals surface area contributed by atoms with Crippen LogP contribution in [0.3, 0.4) is 0 Å². The Morgan fingerprint density at radius 2 is 1.82 bits per heavy atom. The summed E-state index contributed by atoms with van der Waals surface area (Å²) in [7, 11) is 0. The molecule has 0 spiro atoms. The Morgan fingerprint density at radius 3 is 2.50 bits per heavy atom. The number of nitrogens with one attached hydrogen (secondary N) is 1. The van der Waals surface area contributed by atoms with E-state index in [0.29, 0.717) is 48.8 Å². The molecule has 0 bridgehead atoms. The molecule has 2 N–H and O–H groups in total. The number of fused-ring (bicyclic) bond motifs is 5.